The first-order valence-electron chi connectivity index (χ1n) is 1.99. The van der Waals surface area contributed by atoms with Gasteiger partial charge in [0.15, 0.2) is 0 Å². The van der Waals surface area contributed by atoms with E-state index in [4.69, 9.17) is 5.73 Å². The van der Waals surface area contributed by atoms with Crippen molar-refractivity contribution in [2.75, 3.05) is 0 Å². The summed E-state index contributed by atoms with van der Waals surface area (Å²) in [5.74, 6) is 0. The van der Waals surface area contributed by atoms with Gasteiger partial charge in [0, 0.05) is 0 Å². The first-order valence-corrected chi connectivity index (χ1v) is 8.11. The number of rotatable bonds is 0. The zero-order valence-corrected chi connectivity index (χ0v) is 8.66. The van der Waals surface area contributed by atoms with Crippen molar-refractivity contribution in [3.8, 4) is 0 Å². The number of hydrogen-bond acceptors (Lipinski definition) is 1. The quantitative estimate of drug-likeness (QED) is 0.492. The van der Waals surface area contributed by atoms with Crippen LogP contribution in [0.5, 0.6) is 0 Å². The summed E-state index contributed by atoms with van der Waals surface area (Å²) in [6.07, 6.45) is 0. The molecule has 0 rings (SSSR count). The van der Waals surface area contributed by atoms with Crippen LogP contribution >= 0.6 is 12.2 Å². The molecular formula is C4H11NSSn. The Morgan fingerprint density at radius 3 is 1.57 bits per heavy atom. The summed E-state index contributed by atoms with van der Waals surface area (Å²) in [7, 11) is 0. The van der Waals surface area contributed by atoms with Gasteiger partial charge in [0.25, 0.3) is 0 Å². The molecule has 0 unspecified atom stereocenters. The fraction of sp³-hybridized carbons (Fsp3) is 0.750. The van der Waals surface area contributed by atoms with Crippen LogP contribution in [0.25, 0.3) is 0 Å². The van der Waals surface area contributed by atoms with Crippen molar-refractivity contribution in [2.45, 2.75) is 16.8 Å². The number of nitrogens with two attached hydrogens (primary N) is 1. The molecule has 7 heavy (non-hydrogen) atoms. The molecule has 0 fully saturated rings. The van der Waals surface area contributed by atoms with E-state index in [9.17, 15) is 0 Å². The predicted molar refractivity (Wildman–Crippen MR) is 39.9 cm³/mol. The molecular weight excluding hydrogens is 213 g/mol. The van der Waals surface area contributed by atoms with Crippen molar-refractivity contribution < 1.29 is 0 Å². The molecule has 0 saturated heterocycles. The van der Waals surface area contributed by atoms with Crippen molar-refractivity contribution in [1.82, 2.24) is 0 Å². The van der Waals surface area contributed by atoms with Gasteiger partial charge in [-0.25, -0.2) is 0 Å². The van der Waals surface area contributed by atoms with Crippen molar-refractivity contribution in [1.29, 1.82) is 0 Å². The van der Waals surface area contributed by atoms with Crippen LogP contribution < -0.4 is 5.73 Å². The summed E-state index contributed by atoms with van der Waals surface area (Å²) >= 11 is 4.54. The topological polar surface area (TPSA) is 26.0 Å². The third-order valence-electron chi connectivity index (χ3n) is 0. The zero-order valence-electron chi connectivity index (χ0n) is 4.99. The average Bonchev–Trinajstić information content (AvgIpc) is 1.33. The monoisotopic (exact) mass is 225 g/mol. The summed E-state index contributed by atoms with van der Waals surface area (Å²) < 4.78 is 0. The van der Waals surface area contributed by atoms with E-state index in [2.05, 4.69) is 22.1 Å². The molecule has 0 aromatic carbocycles. The normalized spacial score (nSPS) is 6.14. The van der Waals surface area contributed by atoms with E-state index in [1.54, 1.807) is 6.92 Å². The molecule has 0 spiro atoms. The second-order valence-corrected chi connectivity index (χ2v) is 4.61. The van der Waals surface area contributed by atoms with Crippen LogP contribution in [-0.2, 0) is 0 Å². The van der Waals surface area contributed by atoms with E-state index in [0.29, 0.717) is 4.99 Å². The van der Waals surface area contributed by atoms with E-state index in [1.165, 1.54) is 0 Å². The second-order valence-electron chi connectivity index (χ2n) is 1.11. The van der Waals surface area contributed by atoms with E-state index >= 15 is 0 Å². The van der Waals surface area contributed by atoms with Crippen molar-refractivity contribution in [3.63, 3.8) is 0 Å². The van der Waals surface area contributed by atoms with Crippen molar-refractivity contribution in [3.05, 3.63) is 0 Å². The Morgan fingerprint density at radius 2 is 1.57 bits per heavy atom. The minimum atomic E-state index is 0.230. The van der Waals surface area contributed by atoms with Crippen LogP contribution in [0.2, 0.25) is 9.88 Å². The van der Waals surface area contributed by atoms with Gasteiger partial charge in [0.1, 0.15) is 0 Å². The molecule has 42 valence electrons. The molecule has 2 radical (unpaired) electrons. The maximum absolute atomic E-state index is 4.84. The van der Waals surface area contributed by atoms with Gasteiger partial charge in [-0.2, -0.15) is 0 Å². The Hall–Kier alpha value is 0.689. The standard InChI is InChI=1S/C2H5NS.2CH3.Sn/c1-2(3)4;;;/h1H3,(H2,3,4);2*1H3;. The van der Waals surface area contributed by atoms with Gasteiger partial charge >= 0.3 is 31.0 Å². The maximum atomic E-state index is 4.84. The third-order valence-corrected chi connectivity index (χ3v) is 0. The molecule has 0 aromatic heterocycles. The summed E-state index contributed by atoms with van der Waals surface area (Å²) in [4.78, 5) is 5.09. The van der Waals surface area contributed by atoms with Crippen LogP contribution in [0.1, 0.15) is 6.92 Å². The van der Waals surface area contributed by atoms with Crippen LogP contribution in [0, 0.1) is 0 Å². The van der Waals surface area contributed by atoms with Gasteiger partial charge in [0.05, 0.1) is 4.99 Å². The van der Waals surface area contributed by atoms with Gasteiger partial charge in [-0.05, 0) is 6.92 Å². The molecule has 0 aliphatic rings. The Balaban J connectivity index is 0. The van der Waals surface area contributed by atoms with Crippen LogP contribution in [0.4, 0.5) is 0 Å². The van der Waals surface area contributed by atoms with Gasteiger partial charge in [-0.1, -0.05) is 12.2 Å². The van der Waals surface area contributed by atoms with Crippen LogP contribution in [0.3, 0.4) is 0 Å². The molecule has 0 atom stereocenters. The summed E-state index contributed by atoms with van der Waals surface area (Å²) in [5.41, 5.74) is 4.84. The molecule has 0 aliphatic carbocycles. The average molecular weight is 224 g/mol. The van der Waals surface area contributed by atoms with Gasteiger partial charge in [0.2, 0.25) is 0 Å². The Morgan fingerprint density at radius 1 is 1.57 bits per heavy atom. The molecule has 1 nitrogen and oxygen atoms in total. The summed E-state index contributed by atoms with van der Waals surface area (Å²) in [6.45, 7) is 1.68. The molecule has 0 saturated carbocycles. The van der Waals surface area contributed by atoms with Gasteiger partial charge in [-0.15, -0.1) is 0 Å². The Bertz CT molecular complexity index is 43.0. The fourth-order valence-electron chi connectivity index (χ4n) is 0. The van der Waals surface area contributed by atoms with Crippen LogP contribution in [0.15, 0.2) is 0 Å². The molecule has 0 aliphatic heterocycles. The number of hydrogen-bond donors (Lipinski definition) is 1. The van der Waals surface area contributed by atoms with Crippen molar-refractivity contribution in [2.24, 2.45) is 5.73 Å². The summed E-state index contributed by atoms with van der Waals surface area (Å²) in [5, 5.41) is 0. The summed E-state index contributed by atoms with van der Waals surface area (Å²) in [6, 6.07) is 0. The molecule has 3 heteroatoms. The minimum absolute atomic E-state index is 0.230. The SMILES string of the molecule is CC(N)=S.[CH3][Sn][CH3]. The first kappa shape index (κ1) is 10.6. The molecule has 2 N–H and O–H groups in total. The van der Waals surface area contributed by atoms with Gasteiger partial charge in [-0.3, -0.25) is 0 Å². The van der Waals surface area contributed by atoms with E-state index in [-0.39, 0.29) is 21.1 Å². The van der Waals surface area contributed by atoms with Crippen molar-refractivity contribution >= 4 is 38.3 Å². The fourth-order valence-corrected chi connectivity index (χ4v) is 0. The second kappa shape index (κ2) is 9.85. The molecule has 0 aromatic rings. The Labute approximate surface area is 60.9 Å². The third kappa shape index (κ3) is 310. The Kier molecular flexibility index (Phi) is 15.0. The molecule has 0 heterocycles. The molecule has 0 bridgehead atoms. The van der Waals surface area contributed by atoms with Gasteiger partial charge < -0.3 is 5.73 Å². The number of thiocarbonyl (C=S) groups is 1. The molecule has 0 amide bonds. The van der Waals surface area contributed by atoms with E-state index < -0.39 is 0 Å². The van der Waals surface area contributed by atoms with E-state index in [1.807, 2.05) is 0 Å². The van der Waals surface area contributed by atoms with Crippen LogP contribution in [-0.4, -0.2) is 26.1 Å². The predicted octanol–water partition coefficient (Wildman–Crippen LogP) is 1.08. The zero-order chi connectivity index (χ0) is 6.28. The first-order chi connectivity index (χ1) is 3.15. The van der Waals surface area contributed by atoms with E-state index in [0.717, 1.165) is 0 Å².